The zero-order valence-electron chi connectivity index (χ0n) is 16.6. The van der Waals surface area contributed by atoms with Crippen LogP contribution in [0.1, 0.15) is 31.1 Å². The van der Waals surface area contributed by atoms with Gasteiger partial charge >= 0.3 is 5.97 Å². The Labute approximate surface area is 175 Å². The average molecular weight is 423 g/mol. The van der Waals surface area contributed by atoms with Crippen LogP contribution in [-0.2, 0) is 9.53 Å². The van der Waals surface area contributed by atoms with Crippen molar-refractivity contribution >= 4 is 46.5 Å². The van der Waals surface area contributed by atoms with Crippen molar-refractivity contribution in [3.8, 4) is 0 Å². The SMILES string of the molecule is CN(C)c1cccc(N(CC(=O)OC(C)(C)C)C(=O)c2c(Cl)cccc2Cl)c1. The molecular formula is C21H24Cl2N2O3. The lowest BCUT2D eigenvalue weighted by Gasteiger charge is -2.27. The Bertz CT molecular complexity index is 856. The third-order valence-electron chi connectivity index (χ3n) is 3.79. The molecule has 0 spiro atoms. The fraction of sp³-hybridized carbons (Fsp3) is 0.333. The fourth-order valence-electron chi connectivity index (χ4n) is 2.56. The van der Waals surface area contributed by atoms with E-state index in [0.29, 0.717) is 5.69 Å². The third kappa shape index (κ3) is 5.63. The Morgan fingerprint density at radius 1 is 0.964 bits per heavy atom. The lowest BCUT2D eigenvalue weighted by Crippen LogP contribution is -2.39. The molecule has 0 aliphatic rings. The summed E-state index contributed by atoms with van der Waals surface area (Å²) in [5.74, 6) is -1.00. The number of ether oxygens (including phenoxy) is 1. The van der Waals surface area contributed by atoms with Gasteiger partial charge in [0, 0.05) is 25.5 Å². The van der Waals surface area contributed by atoms with Gasteiger partial charge in [0.05, 0.1) is 15.6 Å². The molecule has 2 aromatic rings. The van der Waals surface area contributed by atoms with Crippen LogP contribution in [0.25, 0.3) is 0 Å². The molecule has 7 heteroatoms. The Kier molecular flexibility index (Phi) is 6.96. The summed E-state index contributed by atoms with van der Waals surface area (Å²) >= 11 is 12.4. The Balaban J connectivity index is 2.48. The molecule has 0 N–H and O–H groups in total. The number of carbonyl (C=O) groups excluding carboxylic acids is 2. The van der Waals surface area contributed by atoms with Gasteiger partial charge in [-0.3, -0.25) is 14.5 Å². The van der Waals surface area contributed by atoms with Gasteiger partial charge in [0.1, 0.15) is 12.1 Å². The minimum atomic E-state index is -0.667. The van der Waals surface area contributed by atoms with Gasteiger partial charge in [-0.05, 0) is 51.1 Å². The monoisotopic (exact) mass is 422 g/mol. The van der Waals surface area contributed by atoms with E-state index in [0.717, 1.165) is 5.69 Å². The van der Waals surface area contributed by atoms with Gasteiger partial charge in [-0.1, -0.05) is 35.3 Å². The van der Waals surface area contributed by atoms with Crippen LogP contribution in [0.5, 0.6) is 0 Å². The first-order chi connectivity index (χ1) is 13.0. The molecule has 0 aromatic heterocycles. The first-order valence-electron chi connectivity index (χ1n) is 8.74. The maximum atomic E-state index is 13.3. The second-order valence-corrected chi connectivity index (χ2v) is 8.30. The van der Waals surface area contributed by atoms with E-state index < -0.39 is 17.5 Å². The summed E-state index contributed by atoms with van der Waals surface area (Å²) in [5, 5.41) is 0.436. The molecule has 0 heterocycles. The summed E-state index contributed by atoms with van der Waals surface area (Å²) in [4.78, 5) is 29.0. The molecule has 0 radical (unpaired) electrons. The molecule has 0 saturated carbocycles. The molecule has 0 fully saturated rings. The largest absolute Gasteiger partial charge is 0.459 e. The number of amides is 1. The van der Waals surface area contributed by atoms with Gasteiger partial charge in [-0.25, -0.2) is 0 Å². The summed E-state index contributed by atoms with van der Waals surface area (Å²) in [5.41, 5.74) is 0.895. The number of carbonyl (C=O) groups is 2. The number of hydrogen-bond acceptors (Lipinski definition) is 4. The molecule has 150 valence electrons. The van der Waals surface area contributed by atoms with Crippen LogP contribution in [0.2, 0.25) is 10.0 Å². The van der Waals surface area contributed by atoms with Crippen molar-refractivity contribution in [2.24, 2.45) is 0 Å². The van der Waals surface area contributed by atoms with E-state index in [1.165, 1.54) is 4.90 Å². The smallest absolute Gasteiger partial charge is 0.326 e. The molecular weight excluding hydrogens is 399 g/mol. The minimum Gasteiger partial charge on any atom is -0.459 e. The highest BCUT2D eigenvalue weighted by atomic mass is 35.5. The second kappa shape index (κ2) is 8.84. The normalized spacial score (nSPS) is 11.1. The van der Waals surface area contributed by atoms with E-state index in [1.807, 2.05) is 37.2 Å². The van der Waals surface area contributed by atoms with E-state index in [-0.39, 0.29) is 22.2 Å². The number of hydrogen-bond donors (Lipinski definition) is 0. The van der Waals surface area contributed by atoms with Crippen molar-refractivity contribution in [1.82, 2.24) is 0 Å². The molecule has 0 saturated heterocycles. The summed E-state index contributed by atoms with van der Waals surface area (Å²) in [6.45, 7) is 5.05. The second-order valence-electron chi connectivity index (χ2n) is 7.49. The highest BCUT2D eigenvalue weighted by molar-refractivity contribution is 6.40. The number of nitrogens with zero attached hydrogens (tertiary/aromatic N) is 2. The molecule has 2 aromatic carbocycles. The Hall–Kier alpha value is -2.24. The highest BCUT2D eigenvalue weighted by Crippen LogP contribution is 2.29. The van der Waals surface area contributed by atoms with Crippen LogP contribution < -0.4 is 9.80 Å². The standard InChI is InChI=1S/C21H24Cl2N2O3/c1-21(2,3)28-18(26)13-25(15-9-6-8-14(12-15)24(4)5)20(27)19-16(22)10-7-11-17(19)23/h6-12H,13H2,1-5H3. The predicted octanol–water partition coefficient (Wildman–Crippen LogP) is 5.05. The quantitative estimate of drug-likeness (QED) is 0.632. The van der Waals surface area contributed by atoms with E-state index in [4.69, 9.17) is 27.9 Å². The zero-order chi connectivity index (χ0) is 21.1. The van der Waals surface area contributed by atoms with Crippen LogP contribution in [0.15, 0.2) is 42.5 Å². The van der Waals surface area contributed by atoms with Crippen LogP contribution in [0, 0.1) is 0 Å². The summed E-state index contributed by atoms with van der Waals surface area (Å²) in [7, 11) is 3.79. The molecule has 5 nitrogen and oxygen atoms in total. The highest BCUT2D eigenvalue weighted by Gasteiger charge is 2.27. The summed E-state index contributed by atoms with van der Waals surface area (Å²) in [6, 6.07) is 12.1. The van der Waals surface area contributed by atoms with Crippen molar-refractivity contribution < 1.29 is 14.3 Å². The van der Waals surface area contributed by atoms with E-state index in [2.05, 4.69) is 0 Å². The van der Waals surface area contributed by atoms with Crippen LogP contribution in [0.3, 0.4) is 0 Å². The maximum absolute atomic E-state index is 13.3. The number of halogens is 2. The lowest BCUT2D eigenvalue weighted by atomic mass is 10.1. The van der Waals surface area contributed by atoms with Crippen molar-refractivity contribution in [1.29, 1.82) is 0 Å². The van der Waals surface area contributed by atoms with Crippen molar-refractivity contribution in [2.75, 3.05) is 30.4 Å². The number of anilines is 2. The minimum absolute atomic E-state index is 0.143. The predicted molar refractivity (Wildman–Crippen MR) is 115 cm³/mol. The van der Waals surface area contributed by atoms with Crippen LogP contribution in [-0.4, -0.2) is 38.1 Å². The van der Waals surface area contributed by atoms with Gasteiger partial charge in [-0.2, -0.15) is 0 Å². The van der Waals surface area contributed by atoms with Crippen LogP contribution >= 0.6 is 23.2 Å². The first-order valence-corrected chi connectivity index (χ1v) is 9.50. The van der Waals surface area contributed by atoms with E-state index in [1.54, 1.807) is 45.0 Å². The summed E-state index contributed by atoms with van der Waals surface area (Å²) in [6.07, 6.45) is 0. The number of esters is 1. The Morgan fingerprint density at radius 2 is 1.50 bits per heavy atom. The zero-order valence-corrected chi connectivity index (χ0v) is 18.1. The van der Waals surface area contributed by atoms with Gasteiger partial charge in [0.2, 0.25) is 0 Å². The molecule has 1 amide bonds. The van der Waals surface area contributed by atoms with Gasteiger partial charge in [0.15, 0.2) is 0 Å². The van der Waals surface area contributed by atoms with Crippen molar-refractivity contribution in [3.05, 3.63) is 58.1 Å². The lowest BCUT2D eigenvalue weighted by molar-refractivity contribution is -0.152. The molecule has 0 aliphatic heterocycles. The van der Waals surface area contributed by atoms with E-state index in [9.17, 15) is 9.59 Å². The number of rotatable bonds is 5. The molecule has 0 aliphatic carbocycles. The van der Waals surface area contributed by atoms with Gasteiger partial charge in [0.25, 0.3) is 5.91 Å². The molecule has 0 bridgehead atoms. The van der Waals surface area contributed by atoms with E-state index >= 15 is 0 Å². The van der Waals surface area contributed by atoms with Crippen molar-refractivity contribution in [2.45, 2.75) is 26.4 Å². The molecule has 0 atom stereocenters. The third-order valence-corrected chi connectivity index (χ3v) is 4.42. The average Bonchev–Trinajstić information content (AvgIpc) is 2.58. The van der Waals surface area contributed by atoms with Gasteiger partial charge in [-0.15, -0.1) is 0 Å². The molecule has 0 unspecified atom stereocenters. The summed E-state index contributed by atoms with van der Waals surface area (Å²) < 4.78 is 5.40. The molecule has 2 rings (SSSR count). The van der Waals surface area contributed by atoms with Crippen LogP contribution in [0.4, 0.5) is 11.4 Å². The first kappa shape index (κ1) is 22.1. The topological polar surface area (TPSA) is 49.9 Å². The molecule has 28 heavy (non-hydrogen) atoms. The van der Waals surface area contributed by atoms with Crippen molar-refractivity contribution in [3.63, 3.8) is 0 Å². The van der Waals surface area contributed by atoms with Gasteiger partial charge < -0.3 is 9.64 Å². The number of benzene rings is 2. The Morgan fingerprint density at radius 3 is 2.04 bits per heavy atom. The maximum Gasteiger partial charge on any atom is 0.326 e. The fourth-order valence-corrected chi connectivity index (χ4v) is 3.12.